The number of nitrogens with one attached hydrogen (secondary N) is 1. The molecule has 1 aromatic heterocycles. The Bertz CT molecular complexity index is 949. The summed E-state index contributed by atoms with van der Waals surface area (Å²) in [4.78, 5) is 24.0. The number of morpholine rings is 1. The number of aromatic nitrogens is 2. The first-order valence-electron chi connectivity index (χ1n) is 8.71. The average Bonchev–Trinajstić information content (AvgIpc) is 2.68. The van der Waals surface area contributed by atoms with Crippen LogP contribution in [-0.4, -0.2) is 58.9 Å². The lowest BCUT2D eigenvalue weighted by molar-refractivity contribution is 0.0675. The fourth-order valence-electron chi connectivity index (χ4n) is 3.25. The van der Waals surface area contributed by atoms with E-state index in [-0.39, 0.29) is 11.3 Å². The molecule has 2 N–H and O–H groups in total. The van der Waals surface area contributed by atoms with E-state index in [4.69, 9.17) is 14.5 Å². The molecule has 1 fully saturated rings. The third kappa shape index (κ3) is 3.21. The van der Waals surface area contributed by atoms with Gasteiger partial charge in [-0.25, -0.2) is 9.98 Å². The fraction of sp³-hybridized carbons (Fsp3) is 0.389. The Balaban J connectivity index is 1.84. The van der Waals surface area contributed by atoms with Gasteiger partial charge in [0.1, 0.15) is 0 Å². The highest BCUT2D eigenvalue weighted by molar-refractivity contribution is 5.93. The molecule has 9 heteroatoms. The molecule has 9 nitrogen and oxygen atoms in total. The van der Waals surface area contributed by atoms with Gasteiger partial charge in [0, 0.05) is 30.4 Å². The van der Waals surface area contributed by atoms with Crippen LogP contribution >= 0.6 is 0 Å². The van der Waals surface area contributed by atoms with E-state index in [2.05, 4.69) is 15.2 Å². The smallest absolute Gasteiger partial charge is 0.257 e. The molecule has 0 saturated carbocycles. The van der Waals surface area contributed by atoms with E-state index < -0.39 is 6.17 Å². The van der Waals surface area contributed by atoms with Gasteiger partial charge in [-0.2, -0.15) is 0 Å². The molecule has 1 saturated heterocycles. The number of aromatic hydroxyl groups is 1. The Labute approximate surface area is 155 Å². The van der Waals surface area contributed by atoms with Crippen molar-refractivity contribution < 1.29 is 14.6 Å². The summed E-state index contributed by atoms with van der Waals surface area (Å²) in [7, 11) is 1.48. The minimum absolute atomic E-state index is 0.0298. The number of fused-ring (bicyclic) bond motifs is 1. The van der Waals surface area contributed by atoms with Gasteiger partial charge in [0.25, 0.3) is 5.56 Å². The van der Waals surface area contributed by atoms with Crippen LogP contribution in [0.2, 0.25) is 0 Å². The van der Waals surface area contributed by atoms with Crippen LogP contribution in [0.3, 0.4) is 0 Å². The highest BCUT2D eigenvalue weighted by Crippen LogP contribution is 2.33. The number of phenols is 1. The maximum atomic E-state index is 12.7. The summed E-state index contributed by atoms with van der Waals surface area (Å²) < 4.78 is 12.1. The first kappa shape index (κ1) is 17.3. The van der Waals surface area contributed by atoms with Crippen LogP contribution in [-0.2, 0) is 4.74 Å². The molecule has 0 aliphatic carbocycles. The second-order valence-electron chi connectivity index (χ2n) is 6.41. The number of aryl methyl sites for hydroxylation is 1. The van der Waals surface area contributed by atoms with E-state index in [1.807, 2.05) is 0 Å². The van der Waals surface area contributed by atoms with E-state index in [9.17, 15) is 9.90 Å². The van der Waals surface area contributed by atoms with Crippen molar-refractivity contribution in [2.75, 3.05) is 38.7 Å². The van der Waals surface area contributed by atoms with Crippen molar-refractivity contribution in [1.82, 2.24) is 14.5 Å². The number of nitrogens with zero attached hydrogens (tertiary/aromatic N) is 4. The molecule has 0 spiro atoms. The SMILES string of the molecule is COc1cc([C@@H]2N=C(N3CCOCC3)Nc3nc(C)cc(=O)n32)ccc1O. The van der Waals surface area contributed by atoms with Crippen LogP contribution in [0, 0.1) is 6.92 Å². The van der Waals surface area contributed by atoms with Crippen molar-refractivity contribution in [2.24, 2.45) is 4.99 Å². The number of anilines is 1. The Kier molecular flexibility index (Phi) is 4.44. The van der Waals surface area contributed by atoms with Gasteiger partial charge < -0.3 is 19.5 Å². The number of rotatable bonds is 2. The minimum Gasteiger partial charge on any atom is -0.504 e. The van der Waals surface area contributed by atoms with Gasteiger partial charge in [0.15, 0.2) is 17.7 Å². The number of phenolic OH excluding ortho intramolecular Hbond substituents is 1. The lowest BCUT2D eigenvalue weighted by Crippen LogP contribution is -2.47. The predicted molar refractivity (Wildman–Crippen MR) is 99.5 cm³/mol. The van der Waals surface area contributed by atoms with Crippen LogP contribution in [0.15, 0.2) is 34.1 Å². The number of guanidine groups is 1. The normalized spacial score (nSPS) is 19.1. The Hall–Kier alpha value is -3.07. The van der Waals surface area contributed by atoms with Crippen LogP contribution < -0.4 is 15.6 Å². The maximum Gasteiger partial charge on any atom is 0.257 e. The summed E-state index contributed by atoms with van der Waals surface area (Å²) in [6.45, 7) is 4.42. The summed E-state index contributed by atoms with van der Waals surface area (Å²) in [6, 6.07) is 6.42. The monoisotopic (exact) mass is 371 g/mol. The molecule has 2 aliphatic heterocycles. The van der Waals surface area contributed by atoms with Crippen molar-refractivity contribution in [3.63, 3.8) is 0 Å². The van der Waals surface area contributed by atoms with Gasteiger partial charge >= 0.3 is 0 Å². The van der Waals surface area contributed by atoms with Crippen molar-refractivity contribution in [2.45, 2.75) is 13.1 Å². The maximum absolute atomic E-state index is 12.7. The summed E-state index contributed by atoms with van der Waals surface area (Å²) >= 11 is 0. The van der Waals surface area contributed by atoms with Gasteiger partial charge in [-0.05, 0) is 19.1 Å². The molecule has 1 atom stereocenters. The third-order valence-electron chi connectivity index (χ3n) is 4.61. The molecule has 1 aromatic carbocycles. The first-order valence-corrected chi connectivity index (χ1v) is 8.71. The summed E-state index contributed by atoms with van der Waals surface area (Å²) in [5.74, 6) is 1.44. The molecule has 0 radical (unpaired) electrons. The standard InChI is InChI=1S/C18H21N5O4/c1-11-9-15(25)23-16(12-3-4-13(24)14(10-12)26-2)20-17(21-18(23)19-11)22-5-7-27-8-6-22/h3-4,9-10,16,24H,5-8H2,1-2H3,(H,19,20,21)/t16-/m1/s1. The van der Waals surface area contributed by atoms with Crippen molar-refractivity contribution in [3.05, 3.63) is 45.9 Å². The van der Waals surface area contributed by atoms with Gasteiger partial charge in [-0.1, -0.05) is 6.07 Å². The van der Waals surface area contributed by atoms with Crippen LogP contribution in [0.25, 0.3) is 0 Å². The number of benzene rings is 1. The highest BCUT2D eigenvalue weighted by Gasteiger charge is 2.28. The zero-order chi connectivity index (χ0) is 19.0. The van der Waals surface area contributed by atoms with Gasteiger partial charge in [0.05, 0.1) is 20.3 Å². The van der Waals surface area contributed by atoms with E-state index in [1.165, 1.54) is 23.8 Å². The number of aliphatic imine (C=N–C) groups is 1. The number of ether oxygens (including phenoxy) is 2. The largest absolute Gasteiger partial charge is 0.504 e. The predicted octanol–water partition coefficient (Wildman–Crippen LogP) is 0.927. The van der Waals surface area contributed by atoms with Crippen molar-refractivity contribution >= 4 is 11.9 Å². The first-order chi connectivity index (χ1) is 13.1. The fourth-order valence-corrected chi connectivity index (χ4v) is 3.25. The summed E-state index contributed by atoms with van der Waals surface area (Å²) in [5, 5.41) is 13.1. The second kappa shape index (κ2) is 6.92. The molecule has 27 heavy (non-hydrogen) atoms. The molecule has 0 amide bonds. The number of hydrogen-bond donors (Lipinski definition) is 2. The number of methoxy groups -OCH3 is 1. The van der Waals surface area contributed by atoms with Gasteiger partial charge in [0.2, 0.25) is 11.9 Å². The minimum atomic E-state index is -0.616. The second-order valence-corrected chi connectivity index (χ2v) is 6.41. The molecular weight excluding hydrogens is 350 g/mol. The van der Waals surface area contributed by atoms with Crippen molar-refractivity contribution in [1.29, 1.82) is 0 Å². The Morgan fingerprint density at radius 2 is 2.07 bits per heavy atom. The third-order valence-corrected chi connectivity index (χ3v) is 4.61. The lowest BCUT2D eigenvalue weighted by Gasteiger charge is -2.34. The van der Waals surface area contributed by atoms with E-state index in [1.54, 1.807) is 19.1 Å². The van der Waals surface area contributed by atoms with E-state index in [0.29, 0.717) is 55.2 Å². The Morgan fingerprint density at radius 1 is 1.30 bits per heavy atom. The summed E-state index contributed by atoms with van der Waals surface area (Å²) in [5.41, 5.74) is 1.14. The van der Waals surface area contributed by atoms with Crippen molar-refractivity contribution in [3.8, 4) is 11.5 Å². The van der Waals surface area contributed by atoms with Gasteiger partial charge in [-0.15, -0.1) is 0 Å². The molecule has 3 heterocycles. The van der Waals surface area contributed by atoms with Crippen LogP contribution in [0.4, 0.5) is 5.95 Å². The van der Waals surface area contributed by atoms with E-state index in [0.717, 1.165) is 0 Å². The van der Waals surface area contributed by atoms with Crippen LogP contribution in [0.1, 0.15) is 17.4 Å². The van der Waals surface area contributed by atoms with E-state index >= 15 is 0 Å². The molecule has 142 valence electrons. The summed E-state index contributed by atoms with van der Waals surface area (Å²) in [6.07, 6.45) is -0.616. The molecule has 2 aromatic rings. The molecule has 4 rings (SSSR count). The van der Waals surface area contributed by atoms with Crippen LogP contribution in [0.5, 0.6) is 11.5 Å². The average molecular weight is 371 g/mol. The molecule has 2 aliphatic rings. The zero-order valence-electron chi connectivity index (χ0n) is 15.2. The molecule has 0 unspecified atom stereocenters. The highest BCUT2D eigenvalue weighted by atomic mass is 16.5. The van der Waals surface area contributed by atoms with Gasteiger partial charge in [-0.3, -0.25) is 14.7 Å². The quantitative estimate of drug-likeness (QED) is 0.810. The topological polar surface area (TPSA) is 101 Å². The molecular formula is C18H21N5O4. The lowest BCUT2D eigenvalue weighted by atomic mass is 10.1. The molecule has 0 bridgehead atoms. The number of hydrogen-bond acceptors (Lipinski definition) is 8. The zero-order valence-corrected chi connectivity index (χ0v) is 15.2. The Morgan fingerprint density at radius 3 is 2.81 bits per heavy atom.